The summed E-state index contributed by atoms with van der Waals surface area (Å²) in [6.45, 7) is 8.49. The zero-order valence-electron chi connectivity index (χ0n) is 14.7. The Morgan fingerprint density at radius 3 is 2.10 bits per heavy atom. The lowest BCUT2D eigenvalue weighted by atomic mass is 10.0. The maximum atomic E-state index is 13.2. The second kappa shape index (κ2) is 8.34. The molecule has 1 aromatic carbocycles. The van der Waals surface area contributed by atoms with Gasteiger partial charge in [-0.3, -0.25) is 0 Å². The van der Waals surface area contributed by atoms with Gasteiger partial charge in [-0.2, -0.15) is 26.3 Å². The average molecular weight is 449 g/mol. The molecular formula is C16H15F6O6S-. The van der Waals surface area contributed by atoms with Crippen LogP contribution in [0.5, 0.6) is 5.75 Å². The van der Waals surface area contributed by atoms with Crippen LogP contribution >= 0.6 is 0 Å². The number of alkyl halides is 6. The number of hydrogen-bond acceptors (Lipinski definition) is 6. The van der Waals surface area contributed by atoms with Crippen LogP contribution in [0.25, 0.3) is 0 Å². The number of ether oxygens (including phenoxy) is 2. The minimum atomic E-state index is -6.40. The number of halogens is 6. The maximum absolute atomic E-state index is 13.2. The van der Waals surface area contributed by atoms with Gasteiger partial charge in [-0.1, -0.05) is 25.3 Å². The molecule has 1 aromatic rings. The Morgan fingerprint density at radius 1 is 1.17 bits per heavy atom. The van der Waals surface area contributed by atoms with Crippen LogP contribution in [0, 0.1) is 0 Å². The van der Waals surface area contributed by atoms with Gasteiger partial charge in [-0.25, -0.2) is 8.42 Å². The van der Waals surface area contributed by atoms with Crippen LogP contribution in [0.15, 0.2) is 48.8 Å². The molecule has 0 fully saturated rings. The third-order valence-electron chi connectivity index (χ3n) is 3.47. The summed E-state index contributed by atoms with van der Waals surface area (Å²) in [4.78, 5) is 0. The van der Waals surface area contributed by atoms with E-state index in [1.165, 1.54) is 13.0 Å². The van der Waals surface area contributed by atoms with Gasteiger partial charge in [0.05, 0.1) is 15.9 Å². The van der Waals surface area contributed by atoms with Gasteiger partial charge < -0.3 is 19.1 Å². The van der Waals surface area contributed by atoms with E-state index in [0.29, 0.717) is 5.57 Å². The van der Waals surface area contributed by atoms with E-state index in [1.54, 1.807) is 0 Å². The molecule has 29 heavy (non-hydrogen) atoms. The summed E-state index contributed by atoms with van der Waals surface area (Å²) in [5, 5.41) is 9.83. The average Bonchev–Trinajstić information content (AvgIpc) is 2.50. The summed E-state index contributed by atoms with van der Waals surface area (Å²) in [6.07, 6.45) is -15.7. The second-order valence-electron chi connectivity index (χ2n) is 5.87. The summed E-state index contributed by atoms with van der Waals surface area (Å²) in [7, 11) is -6.08. The van der Waals surface area contributed by atoms with Crippen LogP contribution in [-0.2, 0) is 14.9 Å². The van der Waals surface area contributed by atoms with Crippen molar-refractivity contribution in [1.82, 2.24) is 0 Å². The molecule has 0 bridgehead atoms. The summed E-state index contributed by atoms with van der Waals surface area (Å²) < 4.78 is 120. The fourth-order valence-corrected chi connectivity index (χ4v) is 2.85. The van der Waals surface area contributed by atoms with Crippen molar-refractivity contribution in [1.29, 1.82) is 0 Å². The lowest BCUT2D eigenvalue weighted by molar-refractivity contribution is -0.399. The Morgan fingerprint density at radius 2 is 1.69 bits per heavy atom. The largest absolute Gasteiger partial charge is 0.748 e. The number of rotatable bonds is 8. The molecule has 0 unspecified atom stereocenters. The van der Waals surface area contributed by atoms with Gasteiger partial charge >= 0.3 is 12.4 Å². The first-order valence-electron chi connectivity index (χ1n) is 7.45. The van der Waals surface area contributed by atoms with Crippen molar-refractivity contribution in [3.63, 3.8) is 0 Å². The zero-order valence-corrected chi connectivity index (χ0v) is 15.5. The molecule has 164 valence electrons. The highest BCUT2D eigenvalue weighted by molar-refractivity contribution is 7.85. The molecular weight excluding hydrogens is 434 g/mol. The number of hydrogen-bond donors (Lipinski definition) is 1. The van der Waals surface area contributed by atoms with E-state index in [1.807, 2.05) is 0 Å². The van der Waals surface area contributed by atoms with Crippen molar-refractivity contribution in [2.75, 3.05) is 5.75 Å². The van der Waals surface area contributed by atoms with Crippen molar-refractivity contribution in [3.8, 4) is 5.75 Å². The molecule has 0 saturated heterocycles. The van der Waals surface area contributed by atoms with Gasteiger partial charge in [0.25, 0.3) is 5.60 Å². The number of aliphatic hydroxyl groups excluding tert-OH is 1. The van der Waals surface area contributed by atoms with Crippen LogP contribution in [0.2, 0.25) is 0 Å². The third kappa shape index (κ3) is 6.19. The topological polar surface area (TPSA) is 95.9 Å². The SMILES string of the molecule is C=C(C)C(=C)Oc1cccc([C@@H](O)OC(CS(=O)(=O)[O-])(C(F)(F)F)C(F)(F)F)c1. The van der Waals surface area contributed by atoms with Crippen molar-refractivity contribution < 1.29 is 53.9 Å². The molecule has 0 aromatic heterocycles. The van der Waals surface area contributed by atoms with Gasteiger partial charge in [-0.15, -0.1) is 0 Å². The number of allylic oxidation sites excluding steroid dienone is 1. The molecule has 6 nitrogen and oxygen atoms in total. The molecule has 0 amide bonds. The molecule has 0 aliphatic rings. The normalized spacial score (nSPS) is 14.4. The maximum Gasteiger partial charge on any atom is 0.427 e. The summed E-state index contributed by atoms with van der Waals surface area (Å²) >= 11 is 0. The first-order chi connectivity index (χ1) is 12.9. The van der Waals surface area contributed by atoms with Crippen LogP contribution in [-0.4, -0.2) is 41.8 Å². The zero-order chi connectivity index (χ0) is 22.8. The highest BCUT2D eigenvalue weighted by Gasteiger charge is 2.74. The summed E-state index contributed by atoms with van der Waals surface area (Å²) in [6, 6.07) is 4.08. The summed E-state index contributed by atoms with van der Waals surface area (Å²) in [5.74, 6) is -3.14. The predicted octanol–water partition coefficient (Wildman–Crippen LogP) is 3.57. The molecule has 0 aliphatic carbocycles. The van der Waals surface area contributed by atoms with Gasteiger partial charge in [0.2, 0.25) is 0 Å². The number of aliphatic hydroxyl groups is 1. The van der Waals surface area contributed by atoms with E-state index >= 15 is 0 Å². The standard InChI is InChI=1S/C16H16F6O6S/c1-9(2)10(3)27-12-6-4-5-11(7-12)13(23)28-14(15(17,18)19,16(20,21)22)8-29(24,25)26/h4-7,13,23H,1,3,8H2,2H3,(H,24,25,26)/p-1/t13-/m0/s1. The van der Waals surface area contributed by atoms with Crippen molar-refractivity contribution in [2.24, 2.45) is 0 Å². The molecule has 0 spiro atoms. The first kappa shape index (κ1) is 24.9. The molecule has 0 aliphatic heterocycles. The quantitative estimate of drug-likeness (QED) is 0.214. The van der Waals surface area contributed by atoms with Crippen LogP contribution in [0.1, 0.15) is 18.8 Å². The second-order valence-corrected chi connectivity index (χ2v) is 7.28. The fraction of sp³-hybridized carbons (Fsp3) is 0.375. The van der Waals surface area contributed by atoms with E-state index < -0.39 is 45.7 Å². The Labute approximate surface area is 161 Å². The number of benzene rings is 1. The Hall–Kier alpha value is -2.09. The van der Waals surface area contributed by atoms with Gasteiger partial charge in [0.15, 0.2) is 6.29 Å². The van der Waals surface area contributed by atoms with Crippen molar-refractivity contribution >= 4 is 10.1 Å². The summed E-state index contributed by atoms with van der Waals surface area (Å²) in [5.41, 5.74) is -5.74. The minimum absolute atomic E-state index is 0.0231. The first-order valence-corrected chi connectivity index (χ1v) is 9.03. The monoisotopic (exact) mass is 449 g/mol. The molecule has 1 atom stereocenters. The van der Waals surface area contributed by atoms with Crippen molar-refractivity contribution in [3.05, 3.63) is 54.3 Å². The van der Waals surface area contributed by atoms with Crippen LogP contribution < -0.4 is 4.74 Å². The minimum Gasteiger partial charge on any atom is -0.748 e. The lowest BCUT2D eigenvalue weighted by Crippen LogP contribution is -2.63. The Kier molecular flexibility index (Phi) is 7.17. The van der Waals surface area contributed by atoms with E-state index in [0.717, 1.165) is 18.2 Å². The van der Waals surface area contributed by atoms with Crippen LogP contribution in [0.3, 0.4) is 0 Å². The molecule has 0 heterocycles. The smallest absolute Gasteiger partial charge is 0.427 e. The Bertz CT molecular complexity index is 861. The third-order valence-corrected chi connectivity index (χ3v) is 4.23. The Balaban J connectivity index is 3.37. The van der Waals surface area contributed by atoms with E-state index in [4.69, 9.17) is 4.74 Å². The van der Waals surface area contributed by atoms with E-state index in [-0.39, 0.29) is 11.5 Å². The van der Waals surface area contributed by atoms with E-state index in [9.17, 15) is 44.4 Å². The van der Waals surface area contributed by atoms with Gasteiger partial charge in [0, 0.05) is 5.56 Å². The molecule has 0 saturated carbocycles. The fourth-order valence-electron chi connectivity index (χ4n) is 1.96. The van der Waals surface area contributed by atoms with Gasteiger partial charge in [-0.05, 0) is 24.6 Å². The molecule has 13 heteroatoms. The van der Waals surface area contributed by atoms with E-state index in [2.05, 4.69) is 17.9 Å². The van der Waals surface area contributed by atoms with Crippen molar-refractivity contribution in [2.45, 2.75) is 31.2 Å². The van der Waals surface area contributed by atoms with Gasteiger partial charge in [0.1, 0.15) is 11.5 Å². The molecule has 0 radical (unpaired) electrons. The lowest BCUT2D eigenvalue weighted by Gasteiger charge is -2.38. The highest BCUT2D eigenvalue weighted by Crippen LogP contribution is 2.48. The molecule has 1 rings (SSSR count). The predicted molar refractivity (Wildman–Crippen MR) is 86.5 cm³/mol. The molecule has 1 N–H and O–H groups in total. The van der Waals surface area contributed by atoms with Crippen LogP contribution in [0.4, 0.5) is 26.3 Å². The highest BCUT2D eigenvalue weighted by atomic mass is 32.2.